The topological polar surface area (TPSA) is 180 Å². The molecule has 4 aromatic rings. The minimum Gasteiger partial charge on any atom is -0.493 e. The number of carbonyl (C=O) groups is 3. The molecule has 0 radical (unpaired) electrons. The number of pyridine rings is 1. The molecule has 0 spiro atoms. The molecule has 288 valence electrons. The van der Waals surface area contributed by atoms with Gasteiger partial charge in [0.2, 0.25) is 5.91 Å². The van der Waals surface area contributed by atoms with E-state index >= 15 is 4.39 Å². The molecule has 3 aromatic carbocycles. The van der Waals surface area contributed by atoms with E-state index in [0.717, 1.165) is 31.4 Å². The van der Waals surface area contributed by atoms with Gasteiger partial charge in [-0.1, -0.05) is 6.92 Å². The Morgan fingerprint density at radius 1 is 1.04 bits per heavy atom. The van der Waals surface area contributed by atoms with Gasteiger partial charge < -0.3 is 35.0 Å². The van der Waals surface area contributed by atoms with Crippen LogP contribution < -0.4 is 25.6 Å². The summed E-state index contributed by atoms with van der Waals surface area (Å²) in [6.45, 7) is 1.40. The van der Waals surface area contributed by atoms with E-state index < -0.39 is 63.3 Å². The number of likely N-dealkylation sites (tertiary alicyclic amines) is 1. The number of halogens is 4. The number of rotatable bonds is 10. The number of hydrogen-bond donors (Lipinski definition) is 2. The third-order valence-electron chi connectivity index (χ3n) is 8.75. The number of amides is 2. The van der Waals surface area contributed by atoms with Crippen molar-refractivity contribution in [2.45, 2.75) is 42.9 Å². The van der Waals surface area contributed by atoms with E-state index in [1.54, 1.807) is 24.3 Å². The smallest absolute Gasteiger partial charge is 0.493 e. The lowest BCUT2D eigenvalue weighted by Crippen LogP contribution is -2.39. The average Bonchev–Trinajstić information content (AvgIpc) is 3.65. The number of sulfone groups is 1. The van der Waals surface area contributed by atoms with E-state index in [0.29, 0.717) is 22.9 Å². The number of hydrogen-bond acceptors (Lipinski definition) is 12. The van der Waals surface area contributed by atoms with Crippen molar-refractivity contribution in [3.05, 3.63) is 77.7 Å². The number of nitrogens with zero attached hydrogens (tertiary/aromatic N) is 3. The lowest BCUT2D eigenvalue weighted by molar-refractivity contribution is -0.200. The van der Waals surface area contributed by atoms with E-state index in [-0.39, 0.29) is 51.4 Å². The van der Waals surface area contributed by atoms with Gasteiger partial charge in [0.25, 0.3) is 0 Å². The number of anilines is 3. The molecule has 1 aliphatic heterocycles. The van der Waals surface area contributed by atoms with Gasteiger partial charge in [-0.15, -0.1) is 5.06 Å². The number of alkyl halides is 3. The fraction of sp³-hybridized carbons (Fsp3) is 0.314. The average molecular weight is 778 g/mol. The molecule has 1 saturated heterocycles. The minimum atomic E-state index is -5.51. The molecule has 2 amide bonds. The molecule has 19 heteroatoms. The number of hydroxylamine groups is 1. The number of methoxy groups -OCH3 is 3. The maximum atomic E-state index is 16.0. The highest BCUT2D eigenvalue weighted by Crippen LogP contribution is 2.42. The van der Waals surface area contributed by atoms with Crippen LogP contribution >= 0.6 is 0 Å². The number of fused-ring (bicyclic) bond motifs is 1. The highest BCUT2D eigenvalue weighted by molar-refractivity contribution is 7.91. The first kappa shape index (κ1) is 39.4. The van der Waals surface area contributed by atoms with Gasteiger partial charge in [0.15, 0.2) is 21.3 Å². The number of nitrogen functional groups attached to an aromatic ring is 1. The molecule has 0 aliphatic carbocycles. The molecule has 2 heterocycles. The van der Waals surface area contributed by atoms with Crippen LogP contribution in [0.5, 0.6) is 11.5 Å². The number of nitrogens with one attached hydrogen (secondary N) is 1. The van der Waals surface area contributed by atoms with Crippen LogP contribution in [0, 0.1) is 5.82 Å². The zero-order valence-corrected chi connectivity index (χ0v) is 30.1. The summed E-state index contributed by atoms with van der Waals surface area (Å²) < 4.78 is 97.4. The summed E-state index contributed by atoms with van der Waals surface area (Å²) >= 11 is 0. The second kappa shape index (κ2) is 15.6. The molecule has 14 nitrogen and oxygen atoms in total. The first-order valence-corrected chi connectivity index (χ1v) is 17.9. The Labute approximate surface area is 306 Å². The summed E-state index contributed by atoms with van der Waals surface area (Å²) in [7, 11) is -0.617. The van der Waals surface area contributed by atoms with E-state index in [1.165, 1.54) is 38.3 Å². The predicted molar refractivity (Wildman–Crippen MR) is 187 cm³/mol. The second-order valence-electron chi connectivity index (χ2n) is 11.9. The minimum absolute atomic E-state index is 0.0378. The molecule has 5 rings (SSSR count). The monoisotopic (exact) mass is 777 g/mol. The van der Waals surface area contributed by atoms with Gasteiger partial charge in [0.1, 0.15) is 17.7 Å². The second-order valence-corrected chi connectivity index (χ2v) is 14.1. The van der Waals surface area contributed by atoms with Crippen molar-refractivity contribution in [3.8, 4) is 11.5 Å². The van der Waals surface area contributed by atoms with Crippen LogP contribution in [-0.2, 0) is 29.0 Å². The number of ether oxygens (including phenoxy) is 3. The molecular formula is C35H35F4N5O9S. The van der Waals surface area contributed by atoms with Crippen LogP contribution in [0.4, 0.5) is 39.5 Å². The predicted octanol–water partition coefficient (Wildman–Crippen LogP) is 5.88. The summed E-state index contributed by atoms with van der Waals surface area (Å²) in [5.41, 5.74) is 5.62. The Hall–Kier alpha value is -5.85. The van der Waals surface area contributed by atoms with Gasteiger partial charge in [-0.05, 0) is 72.3 Å². The molecule has 2 atom stereocenters. The van der Waals surface area contributed by atoms with Gasteiger partial charge in [0, 0.05) is 35.4 Å². The first-order valence-electron chi connectivity index (χ1n) is 16.2. The highest BCUT2D eigenvalue weighted by atomic mass is 32.2. The van der Waals surface area contributed by atoms with Gasteiger partial charge in [0.05, 0.1) is 43.7 Å². The third kappa shape index (κ3) is 7.90. The fourth-order valence-electron chi connectivity index (χ4n) is 6.12. The van der Waals surface area contributed by atoms with E-state index in [9.17, 15) is 36.0 Å². The maximum Gasteiger partial charge on any atom is 0.493 e. The van der Waals surface area contributed by atoms with Crippen molar-refractivity contribution < 1.29 is 59.4 Å². The van der Waals surface area contributed by atoms with Crippen molar-refractivity contribution in [3.63, 3.8) is 0 Å². The molecule has 54 heavy (non-hydrogen) atoms. The van der Waals surface area contributed by atoms with Crippen molar-refractivity contribution in [1.29, 1.82) is 0 Å². The van der Waals surface area contributed by atoms with Gasteiger partial charge in [-0.25, -0.2) is 27.4 Å². The van der Waals surface area contributed by atoms with E-state index in [2.05, 4.69) is 19.9 Å². The lowest BCUT2D eigenvalue weighted by atomic mass is 10.00. The zero-order chi connectivity index (χ0) is 39.5. The molecule has 0 bridgehead atoms. The number of aromatic nitrogens is 1. The summed E-state index contributed by atoms with van der Waals surface area (Å²) in [4.78, 5) is 48.5. The summed E-state index contributed by atoms with van der Waals surface area (Å²) in [5, 5.41) is 4.28. The van der Waals surface area contributed by atoms with Gasteiger partial charge in [-0.2, -0.15) is 13.2 Å². The van der Waals surface area contributed by atoms with Crippen LogP contribution in [0.15, 0.2) is 65.7 Å². The number of nitrogens with two attached hydrogens (primary N) is 1. The molecule has 3 N–H and O–H groups in total. The SMILES string of the molecule is CCS(=O)(=O)c1ccc(N(OC(=O)C(F)(F)F)C(=O)OC)cc1[C@H]1CCCN1C(=O)[C@H](Nc1ccc2c(N)nccc2c1)c1cc(OC)c(OC)cc1F. The molecule has 0 saturated carbocycles. The molecule has 1 fully saturated rings. The quantitative estimate of drug-likeness (QED) is 0.145. The zero-order valence-electron chi connectivity index (χ0n) is 29.3. The van der Waals surface area contributed by atoms with Crippen molar-refractivity contribution >= 4 is 55.8 Å². The van der Waals surface area contributed by atoms with E-state index in [1.807, 2.05) is 0 Å². The Kier molecular flexibility index (Phi) is 11.4. The van der Waals surface area contributed by atoms with Crippen LogP contribution in [-0.4, -0.2) is 76.1 Å². The number of benzene rings is 3. The Balaban J connectivity index is 1.65. The fourth-order valence-corrected chi connectivity index (χ4v) is 7.26. The number of carbonyl (C=O) groups excluding carboxylic acids is 3. The highest BCUT2D eigenvalue weighted by Gasteiger charge is 2.45. The summed E-state index contributed by atoms with van der Waals surface area (Å²) in [5.74, 6) is -4.33. The largest absolute Gasteiger partial charge is 0.493 e. The Morgan fingerprint density at radius 3 is 2.39 bits per heavy atom. The standard InChI is InChI=1S/C35H35F4N5O9S/c1-5-54(48,49)29-11-9-21(44(34(47)52-4)53-33(46)35(37,38)39)16-24(29)26-7-6-14-43(26)32(45)30(23-17-27(50-2)28(51-3)18-25(23)36)42-20-8-10-22-19(15-20)12-13-41-31(22)40/h8-13,15-18,26,30,42H,5-7,14H2,1-4H3,(H2,40,41)/t26-,30-/m1/s1. The Bertz CT molecular complexity index is 2200. The van der Waals surface area contributed by atoms with Crippen LogP contribution in [0.3, 0.4) is 0 Å². The van der Waals surface area contributed by atoms with Gasteiger partial charge in [-0.3, -0.25) is 4.79 Å². The molecule has 1 aromatic heterocycles. The van der Waals surface area contributed by atoms with Gasteiger partial charge >= 0.3 is 18.2 Å². The molecule has 1 aliphatic rings. The molecular weight excluding hydrogens is 742 g/mol. The normalized spacial score (nSPS) is 15.0. The van der Waals surface area contributed by atoms with Crippen LogP contribution in [0.25, 0.3) is 10.8 Å². The Morgan fingerprint density at radius 2 is 1.74 bits per heavy atom. The van der Waals surface area contributed by atoms with Crippen molar-refractivity contribution in [2.75, 3.05) is 49.7 Å². The third-order valence-corrected chi connectivity index (χ3v) is 10.6. The van der Waals surface area contributed by atoms with Crippen molar-refractivity contribution in [1.82, 2.24) is 9.88 Å². The summed E-state index contributed by atoms with van der Waals surface area (Å²) in [6, 6.07) is 9.42. The van der Waals surface area contributed by atoms with Crippen LogP contribution in [0.2, 0.25) is 0 Å². The maximum absolute atomic E-state index is 16.0. The van der Waals surface area contributed by atoms with E-state index in [4.69, 9.17) is 15.2 Å². The first-order chi connectivity index (χ1) is 25.5. The lowest BCUT2D eigenvalue weighted by Gasteiger charge is -2.32. The molecule has 0 unspecified atom stereocenters. The summed E-state index contributed by atoms with van der Waals surface area (Å²) in [6.07, 6.45) is -5.09. The van der Waals surface area contributed by atoms with Crippen molar-refractivity contribution in [2.24, 2.45) is 0 Å². The van der Waals surface area contributed by atoms with Crippen LogP contribution in [0.1, 0.15) is 43.0 Å².